The Morgan fingerprint density at radius 3 is 2.88 bits per heavy atom. The van der Waals surface area contributed by atoms with Crippen molar-refractivity contribution in [3.8, 4) is 0 Å². The number of fused-ring (bicyclic) bond motifs is 3. The van der Waals surface area contributed by atoms with Crippen LogP contribution in [0.3, 0.4) is 0 Å². The highest BCUT2D eigenvalue weighted by Crippen LogP contribution is 2.40. The number of aryl methyl sites for hydroxylation is 1. The SMILES string of the molecule is Cc1nc(NC2=NCC3(CN4CCC3CC4)O2)cc2ccc(F)cc12. The van der Waals surface area contributed by atoms with Crippen molar-refractivity contribution in [1.82, 2.24) is 9.88 Å². The summed E-state index contributed by atoms with van der Waals surface area (Å²) in [5.74, 6) is 1.04. The molecule has 1 aromatic heterocycles. The van der Waals surface area contributed by atoms with E-state index in [1.807, 2.05) is 13.0 Å². The van der Waals surface area contributed by atoms with E-state index in [0.717, 1.165) is 23.0 Å². The molecule has 25 heavy (non-hydrogen) atoms. The van der Waals surface area contributed by atoms with Gasteiger partial charge in [0.25, 0.3) is 6.02 Å². The average molecular weight is 340 g/mol. The van der Waals surface area contributed by atoms with Crippen LogP contribution in [-0.2, 0) is 4.74 Å². The van der Waals surface area contributed by atoms with Crippen molar-refractivity contribution in [3.05, 3.63) is 35.8 Å². The van der Waals surface area contributed by atoms with E-state index >= 15 is 0 Å². The number of anilines is 1. The highest BCUT2D eigenvalue weighted by atomic mass is 19.1. The summed E-state index contributed by atoms with van der Waals surface area (Å²) in [6.07, 6.45) is 2.39. The number of hydrogen-bond donors (Lipinski definition) is 1. The molecule has 1 aromatic carbocycles. The van der Waals surface area contributed by atoms with Crippen molar-refractivity contribution in [3.63, 3.8) is 0 Å². The molecule has 1 N–H and O–H groups in total. The van der Waals surface area contributed by atoms with Crippen molar-refractivity contribution < 1.29 is 9.13 Å². The molecule has 6 heteroatoms. The number of hydrogen-bond acceptors (Lipinski definition) is 5. The largest absolute Gasteiger partial charge is 0.455 e. The third-order valence-electron chi connectivity index (χ3n) is 5.83. The van der Waals surface area contributed by atoms with Crippen molar-refractivity contribution in [2.75, 3.05) is 31.5 Å². The molecule has 4 aliphatic rings. The number of nitrogens with one attached hydrogen (secondary N) is 1. The average Bonchev–Trinajstić information content (AvgIpc) is 2.99. The Morgan fingerprint density at radius 1 is 1.28 bits per heavy atom. The molecule has 1 unspecified atom stereocenters. The Hall–Kier alpha value is -2.21. The number of ether oxygens (including phenoxy) is 1. The second kappa shape index (κ2) is 5.39. The first kappa shape index (κ1) is 15.1. The quantitative estimate of drug-likeness (QED) is 0.867. The van der Waals surface area contributed by atoms with Crippen LogP contribution >= 0.6 is 0 Å². The zero-order chi connectivity index (χ0) is 17.0. The maximum atomic E-state index is 13.4. The molecule has 3 saturated heterocycles. The van der Waals surface area contributed by atoms with Crippen molar-refractivity contribution in [2.24, 2.45) is 10.9 Å². The number of pyridine rings is 1. The van der Waals surface area contributed by atoms with Gasteiger partial charge >= 0.3 is 0 Å². The third kappa shape index (κ3) is 2.47. The first-order chi connectivity index (χ1) is 12.1. The molecular formula is C19H21FN4O. The fourth-order valence-electron chi connectivity index (χ4n) is 4.51. The standard InChI is InChI=1S/C19H21FN4O/c1-12-16-9-15(20)3-2-13(16)8-17(22-12)23-18-21-10-19(25-18)11-24-6-4-14(19)5-7-24/h2-3,8-9,14H,4-7,10-11H2,1H3,(H,21,22,23). The second-order valence-corrected chi connectivity index (χ2v) is 7.42. The van der Waals surface area contributed by atoms with Crippen LogP contribution in [0.1, 0.15) is 18.5 Å². The van der Waals surface area contributed by atoms with Gasteiger partial charge < -0.3 is 4.74 Å². The third-order valence-corrected chi connectivity index (χ3v) is 5.83. The number of benzene rings is 1. The van der Waals surface area contributed by atoms with E-state index < -0.39 is 0 Å². The summed E-state index contributed by atoms with van der Waals surface area (Å²) < 4.78 is 19.7. The fraction of sp³-hybridized carbons (Fsp3) is 0.474. The second-order valence-electron chi connectivity index (χ2n) is 7.42. The van der Waals surface area contributed by atoms with E-state index in [-0.39, 0.29) is 11.4 Å². The first-order valence-corrected chi connectivity index (χ1v) is 8.91. The van der Waals surface area contributed by atoms with Gasteiger partial charge in [0.1, 0.15) is 17.2 Å². The van der Waals surface area contributed by atoms with Crippen LogP contribution in [0.2, 0.25) is 0 Å². The van der Waals surface area contributed by atoms with Crippen LogP contribution in [-0.4, -0.2) is 47.7 Å². The molecule has 3 fully saturated rings. The van der Waals surface area contributed by atoms with Gasteiger partial charge in [0.15, 0.2) is 0 Å². The summed E-state index contributed by atoms with van der Waals surface area (Å²) in [6.45, 7) is 5.93. The lowest BCUT2D eigenvalue weighted by Gasteiger charge is -2.50. The molecule has 0 saturated carbocycles. The molecule has 0 amide bonds. The lowest BCUT2D eigenvalue weighted by atomic mass is 9.75. The molecule has 130 valence electrons. The predicted molar refractivity (Wildman–Crippen MR) is 95.3 cm³/mol. The van der Waals surface area contributed by atoms with Gasteiger partial charge in [0.2, 0.25) is 0 Å². The maximum Gasteiger partial charge on any atom is 0.291 e. The maximum absolute atomic E-state index is 13.4. The number of rotatable bonds is 1. The van der Waals surface area contributed by atoms with Crippen LogP contribution in [0.5, 0.6) is 0 Å². The highest BCUT2D eigenvalue weighted by Gasteiger charge is 2.51. The first-order valence-electron chi connectivity index (χ1n) is 8.91. The van der Waals surface area contributed by atoms with Gasteiger partial charge in [0, 0.05) is 23.5 Å². The highest BCUT2D eigenvalue weighted by molar-refractivity contribution is 5.93. The Labute approximate surface area is 145 Å². The summed E-state index contributed by atoms with van der Waals surface area (Å²) in [7, 11) is 0. The molecule has 2 aromatic rings. The number of amidine groups is 1. The zero-order valence-electron chi connectivity index (χ0n) is 14.3. The minimum atomic E-state index is -0.245. The van der Waals surface area contributed by atoms with E-state index in [1.54, 1.807) is 6.07 Å². The number of aliphatic imine (C=N–C) groups is 1. The van der Waals surface area contributed by atoms with Gasteiger partial charge in [-0.2, -0.15) is 0 Å². The number of piperidine rings is 3. The van der Waals surface area contributed by atoms with Crippen LogP contribution in [0, 0.1) is 18.7 Å². The molecule has 5 nitrogen and oxygen atoms in total. The van der Waals surface area contributed by atoms with Crippen LogP contribution in [0.25, 0.3) is 10.8 Å². The molecule has 6 rings (SSSR count). The van der Waals surface area contributed by atoms with E-state index in [2.05, 4.69) is 20.2 Å². The molecule has 2 bridgehead atoms. The van der Waals surface area contributed by atoms with Gasteiger partial charge in [-0.1, -0.05) is 6.07 Å². The molecule has 0 radical (unpaired) electrons. The molecule has 1 atom stereocenters. The Kier molecular flexibility index (Phi) is 3.25. The molecule has 0 aliphatic carbocycles. The summed E-state index contributed by atoms with van der Waals surface area (Å²) in [5.41, 5.74) is 0.629. The smallest absolute Gasteiger partial charge is 0.291 e. The monoisotopic (exact) mass is 340 g/mol. The fourth-order valence-corrected chi connectivity index (χ4v) is 4.51. The van der Waals surface area contributed by atoms with Gasteiger partial charge in [-0.3, -0.25) is 10.2 Å². The van der Waals surface area contributed by atoms with Gasteiger partial charge in [-0.15, -0.1) is 0 Å². The van der Waals surface area contributed by atoms with Gasteiger partial charge in [-0.05, 0) is 56.4 Å². The van der Waals surface area contributed by atoms with E-state index in [1.165, 1.54) is 38.1 Å². The lowest BCUT2D eigenvalue weighted by molar-refractivity contribution is -0.0829. The molecule has 1 spiro atoms. The van der Waals surface area contributed by atoms with E-state index in [9.17, 15) is 4.39 Å². The summed E-state index contributed by atoms with van der Waals surface area (Å²) >= 11 is 0. The topological polar surface area (TPSA) is 49.8 Å². The van der Waals surface area contributed by atoms with E-state index in [4.69, 9.17) is 4.74 Å². The molecule has 4 aliphatic heterocycles. The van der Waals surface area contributed by atoms with Gasteiger partial charge in [0.05, 0.1) is 6.54 Å². The molecule has 5 heterocycles. The summed E-state index contributed by atoms with van der Waals surface area (Å²) in [6, 6.07) is 7.23. The van der Waals surface area contributed by atoms with Crippen molar-refractivity contribution in [2.45, 2.75) is 25.4 Å². The normalized spacial score (nSPS) is 30.6. The Balaban J connectivity index is 1.38. The van der Waals surface area contributed by atoms with Crippen molar-refractivity contribution in [1.29, 1.82) is 0 Å². The van der Waals surface area contributed by atoms with Crippen LogP contribution in [0.15, 0.2) is 29.3 Å². The zero-order valence-corrected chi connectivity index (χ0v) is 14.3. The van der Waals surface area contributed by atoms with Crippen molar-refractivity contribution >= 4 is 22.6 Å². The summed E-state index contributed by atoms with van der Waals surface area (Å²) in [4.78, 5) is 11.6. The number of aromatic nitrogens is 1. The predicted octanol–water partition coefficient (Wildman–Crippen LogP) is 2.94. The minimum Gasteiger partial charge on any atom is -0.455 e. The van der Waals surface area contributed by atoms with Crippen LogP contribution < -0.4 is 5.32 Å². The molecular weight excluding hydrogens is 319 g/mol. The Bertz CT molecular complexity index is 875. The van der Waals surface area contributed by atoms with Gasteiger partial charge in [-0.25, -0.2) is 14.4 Å². The number of nitrogens with zero attached hydrogens (tertiary/aromatic N) is 3. The minimum absolute atomic E-state index is 0.159. The van der Waals surface area contributed by atoms with E-state index in [0.29, 0.717) is 24.3 Å². The number of halogens is 1. The van der Waals surface area contributed by atoms with Crippen LogP contribution in [0.4, 0.5) is 10.2 Å². The summed E-state index contributed by atoms with van der Waals surface area (Å²) in [5, 5.41) is 5.00. The Morgan fingerprint density at radius 2 is 2.12 bits per heavy atom. The lowest BCUT2D eigenvalue weighted by Crippen LogP contribution is -2.61.